The van der Waals surface area contributed by atoms with Gasteiger partial charge in [0.15, 0.2) is 0 Å². The van der Waals surface area contributed by atoms with E-state index < -0.39 is 0 Å². The van der Waals surface area contributed by atoms with Crippen LogP contribution in [0.4, 0.5) is 11.6 Å². The van der Waals surface area contributed by atoms with Crippen molar-refractivity contribution in [1.29, 1.82) is 0 Å². The standard InChI is InChI=1S/C28H26N6O/c1-18-9-10-22(15-19(18)2)27(35)32-23-11-12-25-24(16-23)30-17-34(25)26-13-14-29-28(33-26)31-20(3)21-7-5-4-6-8-21/h4-17,20H,1-3H3,(H,32,35)(H,29,31,33). The van der Waals surface area contributed by atoms with E-state index in [9.17, 15) is 4.79 Å². The van der Waals surface area contributed by atoms with Crippen molar-refractivity contribution in [1.82, 2.24) is 19.5 Å². The summed E-state index contributed by atoms with van der Waals surface area (Å²) in [5, 5.41) is 6.33. The van der Waals surface area contributed by atoms with Crippen molar-refractivity contribution in [2.24, 2.45) is 0 Å². The second kappa shape index (κ2) is 9.38. The monoisotopic (exact) mass is 462 g/mol. The molecule has 2 heterocycles. The first-order chi connectivity index (χ1) is 17.0. The molecule has 5 rings (SSSR count). The highest BCUT2D eigenvalue weighted by molar-refractivity contribution is 6.05. The Balaban J connectivity index is 1.36. The van der Waals surface area contributed by atoms with Crippen LogP contribution in [0, 0.1) is 13.8 Å². The maximum Gasteiger partial charge on any atom is 0.255 e. The summed E-state index contributed by atoms with van der Waals surface area (Å²) in [5.74, 6) is 1.10. The van der Waals surface area contributed by atoms with Gasteiger partial charge in [-0.25, -0.2) is 9.97 Å². The lowest BCUT2D eigenvalue weighted by molar-refractivity contribution is 0.102. The van der Waals surface area contributed by atoms with E-state index in [2.05, 4.69) is 44.6 Å². The van der Waals surface area contributed by atoms with Gasteiger partial charge in [-0.15, -0.1) is 0 Å². The highest BCUT2D eigenvalue weighted by atomic mass is 16.1. The van der Waals surface area contributed by atoms with Crippen LogP contribution in [0.2, 0.25) is 0 Å². The number of nitrogens with one attached hydrogen (secondary N) is 2. The van der Waals surface area contributed by atoms with E-state index in [0.29, 0.717) is 23.0 Å². The van der Waals surface area contributed by atoms with E-state index in [1.54, 1.807) is 12.5 Å². The van der Waals surface area contributed by atoms with Gasteiger partial charge in [0, 0.05) is 17.4 Å². The second-order valence-electron chi connectivity index (χ2n) is 8.59. The number of imidazole rings is 1. The van der Waals surface area contributed by atoms with Crippen LogP contribution >= 0.6 is 0 Å². The molecule has 2 N–H and O–H groups in total. The Hall–Kier alpha value is -4.52. The van der Waals surface area contributed by atoms with Gasteiger partial charge < -0.3 is 10.6 Å². The van der Waals surface area contributed by atoms with E-state index in [-0.39, 0.29) is 11.9 Å². The molecule has 3 aromatic carbocycles. The number of aryl methyl sites for hydroxylation is 2. The quantitative estimate of drug-likeness (QED) is 0.330. The minimum atomic E-state index is -0.147. The van der Waals surface area contributed by atoms with Crippen molar-refractivity contribution in [2.45, 2.75) is 26.8 Å². The molecule has 0 saturated carbocycles. The second-order valence-corrected chi connectivity index (χ2v) is 8.59. The molecule has 35 heavy (non-hydrogen) atoms. The normalized spacial score (nSPS) is 11.9. The molecule has 5 aromatic rings. The molecule has 0 aliphatic heterocycles. The third-order valence-electron chi connectivity index (χ3n) is 6.11. The lowest BCUT2D eigenvalue weighted by Crippen LogP contribution is -2.12. The maximum atomic E-state index is 12.7. The maximum absolute atomic E-state index is 12.7. The average molecular weight is 463 g/mol. The molecule has 7 heteroatoms. The van der Waals surface area contributed by atoms with E-state index >= 15 is 0 Å². The molecule has 0 aliphatic carbocycles. The van der Waals surface area contributed by atoms with Crippen LogP contribution in [0.1, 0.15) is 40.0 Å². The Bertz CT molecular complexity index is 1510. The van der Waals surface area contributed by atoms with Gasteiger partial charge in [0.2, 0.25) is 5.95 Å². The zero-order valence-electron chi connectivity index (χ0n) is 19.9. The number of aromatic nitrogens is 4. The number of benzene rings is 3. The third-order valence-corrected chi connectivity index (χ3v) is 6.11. The van der Waals surface area contributed by atoms with Gasteiger partial charge in [0.05, 0.1) is 17.1 Å². The van der Waals surface area contributed by atoms with Crippen LogP contribution in [0.25, 0.3) is 16.9 Å². The molecule has 174 valence electrons. The molecule has 0 bridgehead atoms. The summed E-state index contributed by atoms with van der Waals surface area (Å²) in [6, 6.07) is 23.4. The molecular formula is C28H26N6O. The summed E-state index contributed by atoms with van der Waals surface area (Å²) in [5.41, 5.74) is 6.36. The van der Waals surface area contributed by atoms with Gasteiger partial charge in [0.1, 0.15) is 12.1 Å². The van der Waals surface area contributed by atoms with Crippen molar-refractivity contribution >= 4 is 28.6 Å². The summed E-state index contributed by atoms with van der Waals surface area (Å²) in [7, 11) is 0. The zero-order chi connectivity index (χ0) is 24.4. The van der Waals surface area contributed by atoms with Gasteiger partial charge >= 0.3 is 0 Å². The molecular weight excluding hydrogens is 436 g/mol. The van der Waals surface area contributed by atoms with Crippen molar-refractivity contribution in [2.75, 3.05) is 10.6 Å². The highest BCUT2D eigenvalue weighted by Crippen LogP contribution is 2.23. The molecule has 0 saturated heterocycles. The fraction of sp³-hybridized carbons (Fsp3) is 0.143. The summed E-state index contributed by atoms with van der Waals surface area (Å²) in [6.45, 7) is 6.11. The molecule has 2 aromatic heterocycles. The zero-order valence-corrected chi connectivity index (χ0v) is 19.9. The van der Waals surface area contributed by atoms with Gasteiger partial charge in [-0.3, -0.25) is 9.36 Å². The first-order valence-electron chi connectivity index (χ1n) is 11.5. The fourth-order valence-electron chi connectivity index (χ4n) is 3.93. The number of hydrogen-bond acceptors (Lipinski definition) is 5. The number of anilines is 2. The molecule has 0 spiro atoms. The topological polar surface area (TPSA) is 84.7 Å². The SMILES string of the molecule is Cc1ccc(C(=O)Nc2ccc3c(c2)ncn3-c2ccnc(NC(C)c3ccccc3)n2)cc1C. The summed E-state index contributed by atoms with van der Waals surface area (Å²) in [6.07, 6.45) is 3.46. The Kier molecular flexibility index (Phi) is 5.97. The number of rotatable bonds is 6. The summed E-state index contributed by atoms with van der Waals surface area (Å²) >= 11 is 0. The van der Waals surface area contributed by atoms with Gasteiger partial charge in [-0.1, -0.05) is 36.4 Å². The third kappa shape index (κ3) is 4.75. The van der Waals surface area contributed by atoms with Crippen LogP contribution in [0.15, 0.2) is 85.3 Å². The predicted molar refractivity (Wildman–Crippen MR) is 139 cm³/mol. The van der Waals surface area contributed by atoms with Gasteiger partial charge in [0.25, 0.3) is 5.91 Å². The van der Waals surface area contributed by atoms with Crippen LogP contribution in [-0.4, -0.2) is 25.4 Å². The summed E-state index contributed by atoms with van der Waals surface area (Å²) in [4.78, 5) is 26.3. The molecule has 7 nitrogen and oxygen atoms in total. The van der Waals surface area contributed by atoms with E-state index in [0.717, 1.165) is 27.7 Å². The van der Waals surface area contributed by atoms with Crippen molar-refractivity contribution in [3.05, 3.63) is 108 Å². The number of hydrogen-bond donors (Lipinski definition) is 2. The number of carbonyl (C=O) groups excluding carboxylic acids is 1. The minimum absolute atomic E-state index is 0.0643. The van der Waals surface area contributed by atoms with Gasteiger partial charge in [-0.05, 0) is 73.9 Å². The van der Waals surface area contributed by atoms with Crippen LogP contribution in [0.3, 0.4) is 0 Å². The smallest absolute Gasteiger partial charge is 0.255 e. The van der Waals surface area contributed by atoms with E-state index in [1.165, 1.54) is 0 Å². The first kappa shape index (κ1) is 22.3. The predicted octanol–water partition coefficient (Wildman–Crippen LogP) is 5.86. The van der Waals surface area contributed by atoms with Crippen molar-refractivity contribution in [3.63, 3.8) is 0 Å². The first-order valence-corrected chi connectivity index (χ1v) is 11.5. The number of amides is 1. The highest BCUT2D eigenvalue weighted by Gasteiger charge is 2.12. The molecule has 0 aliphatic rings. The fourth-order valence-corrected chi connectivity index (χ4v) is 3.93. The number of carbonyl (C=O) groups is 1. The van der Waals surface area contributed by atoms with Gasteiger partial charge in [-0.2, -0.15) is 4.98 Å². The lowest BCUT2D eigenvalue weighted by Gasteiger charge is -2.14. The molecule has 0 radical (unpaired) electrons. The van der Waals surface area contributed by atoms with Crippen LogP contribution in [0.5, 0.6) is 0 Å². The number of fused-ring (bicyclic) bond motifs is 1. The minimum Gasteiger partial charge on any atom is -0.348 e. The lowest BCUT2D eigenvalue weighted by atomic mass is 10.1. The van der Waals surface area contributed by atoms with E-state index in [4.69, 9.17) is 0 Å². The van der Waals surface area contributed by atoms with E-state index in [1.807, 2.05) is 79.1 Å². The molecule has 1 unspecified atom stereocenters. The summed E-state index contributed by atoms with van der Waals surface area (Å²) < 4.78 is 1.91. The van der Waals surface area contributed by atoms with Crippen LogP contribution in [-0.2, 0) is 0 Å². The Morgan fingerprint density at radius 2 is 1.74 bits per heavy atom. The van der Waals surface area contributed by atoms with Crippen LogP contribution < -0.4 is 10.6 Å². The van der Waals surface area contributed by atoms with Crippen molar-refractivity contribution < 1.29 is 4.79 Å². The number of nitrogens with zero attached hydrogens (tertiary/aromatic N) is 4. The molecule has 1 amide bonds. The average Bonchev–Trinajstić information content (AvgIpc) is 3.29. The Morgan fingerprint density at radius 1 is 0.914 bits per heavy atom. The Labute approximate surface area is 203 Å². The largest absolute Gasteiger partial charge is 0.348 e. The van der Waals surface area contributed by atoms with Crippen molar-refractivity contribution in [3.8, 4) is 5.82 Å². The Morgan fingerprint density at radius 3 is 2.54 bits per heavy atom. The molecule has 0 fully saturated rings. The molecule has 1 atom stereocenters.